The second-order valence-electron chi connectivity index (χ2n) is 5.18. The van der Waals surface area contributed by atoms with Crippen LogP contribution >= 0.6 is 0 Å². The first-order valence-corrected chi connectivity index (χ1v) is 7.28. The van der Waals surface area contributed by atoms with Crippen LogP contribution in [0, 0.1) is 0 Å². The van der Waals surface area contributed by atoms with E-state index in [1.807, 2.05) is 60.7 Å². The zero-order valence-corrected chi connectivity index (χ0v) is 12.5. The molecule has 0 saturated heterocycles. The fraction of sp³-hybridized carbons (Fsp3) is 0.100. The maximum atomic E-state index is 10.7. The van der Waals surface area contributed by atoms with Gasteiger partial charge < -0.3 is 9.84 Å². The zero-order chi connectivity index (χ0) is 15.4. The molecule has 0 aromatic heterocycles. The van der Waals surface area contributed by atoms with Gasteiger partial charge in [-0.3, -0.25) is 0 Å². The van der Waals surface area contributed by atoms with Gasteiger partial charge in [0.05, 0.1) is 7.11 Å². The van der Waals surface area contributed by atoms with Crippen molar-refractivity contribution in [1.82, 2.24) is 0 Å². The summed E-state index contributed by atoms with van der Waals surface area (Å²) in [7, 11) is 1.64. The molecule has 0 aliphatic carbocycles. The van der Waals surface area contributed by atoms with Gasteiger partial charge in [-0.05, 0) is 17.2 Å². The molecule has 0 fully saturated rings. The molecular weight excluding hydrogens is 272 g/mol. The molecule has 0 atom stereocenters. The quantitative estimate of drug-likeness (QED) is 0.757. The molecule has 2 nitrogen and oxygen atoms in total. The number of benzene rings is 3. The Morgan fingerprint density at radius 2 is 1.45 bits per heavy atom. The average Bonchev–Trinajstić information content (AvgIpc) is 2.58. The largest absolute Gasteiger partial charge is 0.507 e. The van der Waals surface area contributed by atoms with Gasteiger partial charge in [0.2, 0.25) is 0 Å². The summed E-state index contributed by atoms with van der Waals surface area (Å²) in [5, 5.41) is 10.7. The Hall–Kier alpha value is -2.74. The van der Waals surface area contributed by atoms with Crippen molar-refractivity contribution in [3.8, 4) is 22.6 Å². The molecule has 2 heteroatoms. The van der Waals surface area contributed by atoms with E-state index in [0.717, 1.165) is 22.4 Å². The Morgan fingerprint density at radius 1 is 0.773 bits per heavy atom. The molecule has 0 spiro atoms. The molecule has 0 bridgehead atoms. The van der Waals surface area contributed by atoms with Crippen molar-refractivity contribution < 1.29 is 9.84 Å². The monoisotopic (exact) mass is 290 g/mol. The van der Waals surface area contributed by atoms with Crippen LogP contribution in [0.2, 0.25) is 0 Å². The minimum atomic E-state index is 0.316. The van der Waals surface area contributed by atoms with Crippen LogP contribution in [-0.4, -0.2) is 12.2 Å². The number of hydrogen-bond acceptors (Lipinski definition) is 2. The third-order valence-corrected chi connectivity index (χ3v) is 3.75. The molecule has 0 amide bonds. The first-order valence-electron chi connectivity index (χ1n) is 7.28. The number of phenols is 1. The minimum Gasteiger partial charge on any atom is -0.507 e. The molecular formula is C20H18O2. The van der Waals surface area contributed by atoms with Crippen molar-refractivity contribution in [2.24, 2.45) is 0 Å². The van der Waals surface area contributed by atoms with Gasteiger partial charge in [0.1, 0.15) is 11.5 Å². The summed E-state index contributed by atoms with van der Waals surface area (Å²) in [6.45, 7) is 0. The average molecular weight is 290 g/mol. The number of para-hydroxylation sites is 2. The van der Waals surface area contributed by atoms with Crippen LogP contribution in [0.25, 0.3) is 11.1 Å². The summed E-state index contributed by atoms with van der Waals surface area (Å²) in [6, 6.07) is 23.7. The second kappa shape index (κ2) is 6.35. The Kier molecular flexibility index (Phi) is 4.10. The van der Waals surface area contributed by atoms with Crippen LogP contribution < -0.4 is 4.74 Å². The van der Waals surface area contributed by atoms with Crippen molar-refractivity contribution in [3.63, 3.8) is 0 Å². The van der Waals surface area contributed by atoms with Crippen molar-refractivity contribution in [1.29, 1.82) is 0 Å². The molecule has 0 heterocycles. The van der Waals surface area contributed by atoms with Gasteiger partial charge in [-0.2, -0.15) is 0 Å². The van der Waals surface area contributed by atoms with Gasteiger partial charge >= 0.3 is 0 Å². The summed E-state index contributed by atoms with van der Waals surface area (Å²) >= 11 is 0. The Bertz CT molecular complexity index is 764. The first-order chi connectivity index (χ1) is 10.8. The van der Waals surface area contributed by atoms with Crippen LogP contribution in [0.5, 0.6) is 11.5 Å². The lowest BCUT2D eigenvalue weighted by molar-refractivity contribution is 0.415. The van der Waals surface area contributed by atoms with Crippen LogP contribution in [0.15, 0.2) is 72.8 Å². The predicted molar refractivity (Wildman–Crippen MR) is 89.3 cm³/mol. The Balaban J connectivity index is 2.02. The predicted octanol–water partition coefficient (Wildman–Crippen LogP) is 4.66. The smallest absolute Gasteiger partial charge is 0.127 e. The lowest BCUT2D eigenvalue weighted by Gasteiger charge is -2.13. The number of phenolic OH excluding ortho intramolecular Hbond substituents is 1. The van der Waals surface area contributed by atoms with E-state index in [1.54, 1.807) is 7.11 Å². The summed E-state index contributed by atoms with van der Waals surface area (Å²) in [4.78, 5) is 0. The number of methoxy groups -OCH3 is 1. The fourth-order valence-electron chi connectivity index (χ4n) is 2.63. The van der Waals surface area contributed by atoms with Crippen molar-refractivity contribution >= 4 is 0 Å². The highest BCUT2D eigenvalue weighted by Crippen LogP contribution is 2.38. The van der Waals surface area contributed by atoms with Gasteiger partial charge in [-0.25, -0.2) is 0 Å². The lowest BCUT2D eigenvalue weighted by Crippen LogP contribution is -1.92. The van der Waals surface area contributed by atoms with E-state index in [1.165, 1.54) is 5.56 Å². The first kappa shape index (κ1) is 14.2. The van der Waals surface area contributed by atoms with Gasteiger partial charge in [0.25, 0.3) is 0 Å². The van der Waals surface area contributed by atoms with Gasteiger partial charge in [-0.1, -0.05) is 66.7 Å². The molecule has 3 aromatic carbocycles. The Labute approximate surface area is 130 Å². The molecule has 0 saturated carbocycles. The highest BCUT2D eigenvalue weighted by atomic mass is 16.5. The van der Waals surface area contributed by atoms with Crippen molar-refractivity contribution in [3.05, 3.63) is 83.9 Å². The van der Waals surface area contributed by atoms with Crippen LogP contribution in [0.1, 0.15) is 11.1 Å². The van der Waals surface area contributed by atoms with E-state index >= 15 is 0 Å². The second-order valence-corrected chi connectivity index (χ2v) is 5.18. The van der Waals surface area contributed by atoms with Gasteiger partial charge in [-0.15, -0.1) is 0 Å². The maximum absolute atomic E-state index is 10.7. The molecule has 0 aliphatic heterocycles. The molecule has 1 N–H and O–H groups in total. The van der Waals surface area contributed by atoms with Gasteiger partial charge in [0, 0.05) is 17.5 Å². The number of hydrogen-bond donors (Lipinski definition) is 1. The van der Waals surface area contributed by atoms with E-state index in [9.17, 15) is 5.11 Å². The number of rotatable bonds is 4. The summed E-state index contributed by atoms with van der Waals surface area (Å²) in [6.07, 6.45) is 0.704. The van der Waals surface area contributed by atoms with E-state index in [-0.39, 0.29) is 0 Å². The summed E-state index contributed by atoms with van der Waals surface area (Å²) in [5.41, 5.74) is 3.79. The Morgan fingerprint density at radius 3 is 2.23 bits per heavy atom. The zero-order valence-electron chi connectivity index (χ0n) is 12.5. The van der Waals surface area contributed by atoms with Crippen molar-refractivity contribution in [2.75, 3.05) is 7.11 Å². The molecule has 22 heavy (non-hydrogen) atoms. The minimum absolute atomic E-state index is 0.316. The molecule has 0 aliphatic rings. The molecule has 3 aromatic rings. The topological polar surface area (TPSA) is 29.5 Å². The molecule has 110 valence electrons. The molecule has 0 unspecified atom stereocenters. The highest BCUT2D eigenvalue weighted by molar-refractivity contribution is 5.76. The number of ether oxygens (including phenoxy) is 1. The maximum Gasteiger partial charge on any atom is 0.127 e. The van der Waals surface area contributed by atoms with E-state index < -0.39 is 0 Å². The van der Waals surface area contributed by atoms with E-state index in [2.05, 4.69) is 12.1 Å². The highest BCUT2D eigenvalue weighted by Gasteiger charge is 2.12. The summed E-state index contributed by atoms with van der Waals surface area (Å²) in [5.74, 6) is 1.07. The van der Waals surface area contributed by atoms with Crippen LogP contribution in [-0.2, 0) is 6.42 Å². The fourth-order valence-corrected chi connectivity index (χ4v) is 2.63. The van der Waals surface area contributed by atoms with Crippen molar-refractivity contribution in [2.45, 2.75) is 6.42 Å². The van der Waals surface area contributed by atoms with Crippen LogP contribution in [0.4, 0.5) is 0 Å². The third-order valence-electron chi connectivity index (χ3n) is 3.75. The van der Waals surface area contributed by atoms with E-state index in [4.69, 9.17) is 4.74 Å². The normalized spacial score (nSPS) is 10.4. The SMILES string of the molecule is COc1ccccc1-c1cccc(Cc2ccccc2)c1O. The number of aromatic hydroxyl groups is 1. The lowest BCUT2D eigenvalue weighted by atomic mass is 9.97. The van der Waals surface area contributed by atoms with Gasteiger partial charge in [0.15, 0.2) is 0 Å². The third kappa shape index (κ3) is 2.82. The standard InChI is InChI=1S/C20H18O2/c1-22-19-13-6-5-11-17(19)18-12-7-10-16(20(18)21)14-15-8-3-2-4-9-15/h2-13,21H,14H2,1H3. The van der Waals surface area contributed by atoms with Crippen LogP contribution in [0.3, 0.4) is 0 Å². The molecule has 0 radical (unpaired) electrons. The summed E-state index contributed by atoms with van der Waals surface area (Å²) < 4.78 is 5.40. The van der Waals surface area contributed by atoms with E-state index in [0.29, 0.717) is 12.2 Å². The molecule has 3 rings (SSSR count).